The number of nitrogens with zero attached hydrogens (tertiary/aromatic N) is 1. The maximum atomic E-state index is 12.3. The summed E-state index contributed by atoms with van der Waals surface area (Å²) >= 11 is 0. The van der Waals surface area contributed by atoms with Crippen LogP contribution in [0.1, 0.15) is 35.7 Å². The van der Waals surface area contributed by atoms with Crippen molar-refractivity contribution in [3.63, 3.8) is 0 Å². The highest BCUT2D eigenvalue weighted by molar-refractivity contribution is 5.79. The zero-order chi connectivity index (χ0) is 14.7. The summed E-state index contributed by atoms with van der Waals surface area (Å²) in [4.78, 5) is 12.3. The Morgan fingerprint density at radius 2 is 2.33 bits per heavy atom. The summed E-state index contributed by atoms with van der Waals surface area (Å²) in [6, 6.07) is 7.65. The highest BCUT2D eigenvalue weighted by atomic mass is 16.5. The van der Waals surface area contributed by atoms with Crippen LogP contribution in [0, 0.1) is 0 Å². The number of methoxy groups -OCH3 is 1. The fraction of sp³-hybridized carbons (Fsp3) is 0.375. The van der Waals surface area contributed by atoms with Gasteiger partial charge in [0.05, 0.1) is 31.5 Å². The van der Waals surface area contributed by atoms with E-state index in [2.05, 4.69) is 15.5 Å². The van der Waals surface area contributed by atoms with Crippen LogP contribution in [-0.2, 0) is 17.6 Å². The largest absolute Gasteiger partial charge is 0.496 e. The van der Waals surface area contributed by atoms with Crippen molar-refractivity contribution >= 4 is 5.91 Å². The molecule has 5 nitrogen and oxygen atoms in total. The van der Waals surface area contributed by atoms with Gasteiger partial charge < -0.3 is 10.1 Å². The van der Waals surface area contributed by atoms with Gasteiger partial charge in [0.15, 0.2) is 0 Å². The van der Waals surface area contributed by atoms with Gasteiger partial charge in [-0.2, -0.15) is 5.10 Å². The molecule has 1 aromatic carbocycles. The molecule has 1 aromatic heterocycles. The normalized spacial score (nSPS) is 17.1. The van der Waals surface area contributed by atoms with Crippen LogP contribution in [0.4, 0.5) is 0 Å². The highest BCUT2D eigenvalue weighted by Crippen LogP contribution is 2.27. The molecule has 1 atom stereocenters. The topological polar surface area (TPSA) is 67.0 Å². The molecule has 1 aliphatic rings. The zero-order valence-corrected chi connectivity index (χ0v) is 12.1. The first-order valence-electron chi connectivity index (χ1n) is 7.21. The van der Waals surface area contributed by atoms with Gasteiger partial charge in [-0.15, -0.1) is 0 Å². The number of carbonyl (C=O) groups is 1. The summed E-state index contributed by atoms with van der Waals surface area (Å²) in [6.07, 6.45) is 5.24. The minimum Gasteiger partial charge on any atom is -0.496 e. The summed E-state index contributed by atoms with van der Waals surface area (Å²) in [5, 5.41) is 10.2. The Kier molecular flexibility index (Phi) is 3.90. The molecule has 0 saturated heterocycles. The lowest BCUT2D eigenvalue weighted by atomic mass is 9.93. The molecule has 2 N–H and O–H groups in total. The van der Waals surface area contributed by atoms with Gasteiger partial charge in [-0.1, -0.05) is 18.2 Å². The first kappa shape index (κ1) is 13.7. The van der Waals surface area contributed by atoms with E-state index in [1.165, 1.54) is 5.56 Å². The van der Waals surface area contributed by atoms with E-state index in [-0.39, 0.29) is 11.9 Å². The summed E-state index contributed by atoms with van der Waals surface area (Å²) in [5.41, 5.74) is 3.16. The smallest absolute Gasteiger partial charge is 0.225 e. The van der Waals surface area contributed by atoms with Gasteiger partial charge in [0.1, 0.15) is 5.75 Å². The van der Waals surface area contributed by atoms with Crippen molar-refractivity contribution < 1.29 is 9.53 Å². The Morgan fingerprint density at radius 1 is 1.48 bits per heavy atom. The van der Waals surface area contributed by atoms with Crippen molar-refractivity contribution in [3.8, 4) is 5.75 Å². The van der Waals surface area contributed by atoms with Crippen LogP contribution >= 0.6 is 0 Å². The number of H-pyrrole nitrogens is 1. The van der Waals surface area contributed by atoms with Crippen molar-refractivity contribution in [1.82, 2.24) is 15.5 Å². The number of aromatic nitrogens is 2. The van der Waals surface area contributed by atoms with Gasteiger partial charge in [0, 0.05) is 5.56 Å². The van der Waals surface area contributed by atoms with Crippen LogP contribution < -0.4 is 10.1 Å². The zero-order valence-electron chi connectivity index (χ0n) is 12.1. The molecule has 21 heavy (non-hydrogen) atoms. The number of aryl methyl sites for hydroxylation is 1. The van der Waals surface area contributed by atoms with Gasteiger partial charge in [0.2, 0.25) is 5.91 Å². The highest BCUT2D eigenvalue weighted by Gasteiger charge is 2.23. The molecule has 0 spiro atoms. The average Bonchev–Trinajstić information content (AvgIpc) is 2.97. The molecule has 2 aromatic rings. The lowest BCUT2D eigenvalue weighted by molar-refractivity contribution is -0.121. The quantitative estimate of drug-likeness (QED) is 0.904. The number of amides is 1. The number of para-hydroxylation sites is 1. The first-order valence-corrected chi connectivity index (χ1v) is 7.21. The monoisotopic (exact) mass is 285 g/mol. The number of benzene rings is 1. The minimum absolute atomic E-state index is 0.00644. The molecule has 1 aliphatic carbocycles. The van der Waals surface area contributed by atoms with Crippen LogP contribution in [0.5, 0.6) is 5.75 Å². The van der Waals surface area contributed by atoms with Crippen molar-refractivity contribution in [3.05, 3.63) is 47.3 Å². The third-order valence-electron chi connectivity index (χ3n) is 3.92. The number of hydrogen-bond acceptors (Lipinski definition) is 3. The van der Waals surface area contributed by atoms with Gasteiger partial charge in [-0.3, -0.25) is 9.89 Å². The molecule has 0 saturated carbocycles. The molecule has 0 fully saturated rings. The van der Waals surface area contributed by atoms with Gasteiger partial charge in [-0.05, 0) is 30.9 Å². The minimum atomic E-state index is 0.00644. The Labute approximate surface area is 123 Å². The van der Waals surface area contributed by atoms with Crippen LogP contribution in [0.2, 0.25) is 0 Å². The number of rotatable bonds is 4. The molecular weight excluding hydrogens is 266 g/mol. The van der Waals surface area contributed by atoms with E-state index >= 15 is 0 Å². The van der Waals surface area contributed by atoms with E-state index in [4.69, 9.17) is 4.74 Å². The Bertz CT molecular complexity index is 636. The number of fused-ring (bicyclic) bond motifs is 1. The van der Waals surface area contributed by atoms with Crippen molar-refractivity contribution in [1.29, 1.82) is 0 Å². The third kappa shape index (κ3) is 2.91. The van der Waals surface area contributed by atoms with Crippen molar-refractivity contribution in [2.24, 2.45) is 0 Å². The second kappa shape index (κ2) is 5.99. The summed E-state index contributed by atoms with van der Waals surface area (Å²) in [6.45, 7) is 0. The molecule has 1 heterocycles. The predicted octanol–water partition coefficient (Wildman–Crippen LogP) is 2.15. The van der Waals surface area contributed by atoms with E-state index in [0.29, 0.717) is 6.42 Å². The van der Waals surface area contributed by atoms with Gasteiger partial charge >= 0.3 is 0 Å². The van der Waals surface area contributed by atoms with Crippen LogP contribution in [0.3, 0.4) is 0 Å². The Hall–Kier alpha value is -2.30. The molecule has 110 valence electrons. The number of aromatic amines is 1. The maximum absolute atomic E-state index is 12.3. The van der Waals surface area contributed by atoms with E-state index in [1.807, 2.05) is 30.5 Å². The number of carbonyl (C=O) groups excluding carboxylic acids is 1. The Balaban J connectivity index is 1.68. The number of nitrogens with one attached hydrogen (secondary N) is 2. The summed E-state index contributed by atoms with van der Waals surface area (Å²) in [7, 11) is 1.62. The number of ether oxygens (including phenoxy) is 1. The third-order valence-corrected chi connectivity index (χ3v) is 3.92. The predicted molar refractivity (Wildman–Crippen MR) is 79.1 cm³/mol. The molecule has 0 radical (unpaired) electrons. The number of hydrogen-bond donors (Lipinski definition) is 2. The maximum Gasteiger partial charge on any atom is 0.225 e. The van der Waals surface area contributed by atoms with E-state index < -0.39 is 0 Å². The fourth-order valence-corrected chi connectivity index (χ4v) is 2.87. The molecule has 0 unspecified atom stereocenters. The van der Waals surface area contributed by atoms with Crippen molar-refractivity contribution in [2.45, 2.75) is 31.7 Å². The van der Waals surface area contributed by atoms with Gasteiger partial charge in [-0.25, -0.2) is 0 Å². The standard InChI is InChI=1S/C16H19N3O2/c1-21-14-8-3-2-5-11(14)9-15(20)18-13-7-4-6-12-10-17-19-16(12)13/h2-3,5,8,10,13H,4,6-7,9H2,1H3,(H,17,19)(H,18,20)/t13-/m0/s1. The fourth-order valence-electron chi connectivity index (χ4n) is 2.87. The van der Waals surface area contributed by atoms with Crippen LogP contribution in [0.15, 0.2) is 30.5 Å². The average molecular weight is 285 g/mol. The van der Waals surface area contributed by atoms with Crippen molar-refractivity contribution in [2.75, 3.05) is 7.11 Å². The van der Waals surface area contributed by atoms with E-state index in [1.54, 1.807) is 7.11 Å². The molecular formula is C16H19N3O2. The second-order valence-electron chi connectivity index (χ2n) is 5.31. The molecule has 0 bridgehead atoms. The molecule has 0 aliphatic heterocycles. The molecule has 1 amide bonds. The lowest BCUT2D eigenvalue weighted by Gasteiger charge is -2.23. The van der Waals surface area contributed by atoms with E-state index in [9.17, 15) is 4.79 Å². The second-order valence-corrected chi connectivity index (χ2v) is 5.31. The van der Waals surface area contributed by atoms with Gasteiger partial charge in [0.25, 0.3) is 0 Å². The Morgan fingerprint density at radius 3 is 3.19 bits per heavy atom. The molecule has 3 rings (SSSR count). The SMILES string of the molecule is COc1ccccc1CC(=O)N[C@H]1CCCc2cn[nH]c21. The summed E-state index contributed by atoms with van der Waals surface area (Å²) < 4.78 is 5.28. The van der Waals surface area contributed by atoms with E-state index in [0.717, 1.165) is 36.3 Å². The molecule has 5 heteroatoms. The van der Waals surface area contributed by atoms with Crippen LogP contribution in [-0.4, -0.2) is 23.2 Å². The first-order chi connectivity index (χ1) is 10.3. The van der Waals surface area contributed by atoms with Crippen LogP contribution in [0.25, 0.3) is 0 Å². The summed E-state index contributed by atoms with van der Waals surface area (Å²) in [5.74, 6) is 0.755. The lowest BCUT2D eigenvalue weighted by Crippen LogP contribution is -2.32.